The minimum absolute atomic E-state index is 0.135. The molecule has 0 atom stereocenters. The normalized spacial score (nSPS) is 10.1. The fraction of sp³-hybridized carbons (Fsp3) is 0.154. The minimum Gasteiger partial charge on any atom is -0.464 e. The number of carbonyl (C=O) groups excluding carboxylic acids is 1. The molecule has 0 aliphatic heterocycles. The Balaban J connectivity index is 2.28. The van der Waals surface area contributed by atoms with Crippen molar-refractivity contribution in [1.29, 1.82) is 0 Å². The Morgan fingerprint density at radius 3 is 2.89 bits per heavy atom. The van der Waals surface area contributed by atoms with Gasteiger partial charge < -0.3 is 10.1 Å². The van der Waals surface area contributed by atoms with Crippen molar-refractivity contribution < 1.29 is 9.53 Å². The molecule has 0 saturated heterocycles. The van der Waals surface area contributed by atoms with Crippen LogP contribution in [0.4, 0.5) is 11.5 Å². The van der Waals surface area contributed by atoms with Gasteiger partial charge in [0.2, 0.25) is 0 Å². The maximum atomic E-state index is 11.4. The molecule has 5 nitrogen and oxygen atoms in total. The number of hydrogen-bond acceptors (Lipinski definition) is 5. The van der Waals surface area contributed by atoms with Gasteiger partial charge in [-0.15, -0.1) is 0 Å². The van der Waals surface area contributed by atoms with E-state index in [1.54, 1.807) is 6.07 Å². The van der Waals surface area contributed by atoms with Crippen LogP contribution >= 0.6 is 11.6 Å². The molecule has 1 heterocycles. The number of anilines is 2. The first-order chi connectivity index (χ1) is 9.10. The molecular formula is C13H12ClN3O2. The summed E-state index contributed by atoms with van der Waals surface area (Å²) in [5.74, 6) is -0.109. The van der Waals surface area contributed by atoms with Gasteiger partial charge in [-0.25, -0.2) is 9.78 Å². The van der Waals surface area contributed by atoms with Crippen LogP contribution in [0.3, 0.4) is 0 Å². The smallest absolute Gasteiger partial charge is 0.358 e. The molecule has 0 aliphatic rings. The number of benzene rings is 1. The maximum absolute atomic E-state index is 11.4. The number of aryl methyl sites for hydroxylation is 1. The average molecular weight is 278 g/mol. The van der Waals surface area contributed by atoms with E-state index < -0.39 is 5.97 Å². The van der Waals surface area contributed by atoms with Gasteiger partial charge in [0.1, 0.15) is 5.82 Å². The van der Waals surface area contributed by atoms with Crippen molar-refractivity contribution in [1.82, 2.24) is 9.97 Å². The van der Waals surface area contributed by atoms with Crippen molar-refractivity contribution in [2.45, 2.75) is 6.92 Å². The molecule has 0 aliphatic carbocycles. The van der Waals surface area contributed by atoms with Gasteiger partial charge in [-0.05, 0) is 24.6 Å². The minimum atomic E-state index is -0.536. The molecule has 1 N–H and O–H groups in total. The van der Waals surface area contributed by atoms with E-state index in [1.165, 1.54) is 19.5 Å². The molecule has 0 radical (unpaired) electrons. The number of nitrogens with zero attached hydrogens (tertiary/aromatic N) is 2. The summed E-state index contributed by atoms with van der Waals surface area (Å²) >= 11 is 6.07. The monoisotopic (exact) mass is 277 g/mol. The largest absolute Gasteiger partial charge is 0.464 e. The maximum Gasteiger partial charge on any atom is 0.358 e. The number of esters is 1. The third-order valence-electron chi connectivity index (χ3n) is 2.41. The van der Waals surface area contributed by atoms with Crippen molar-refractivity contribution in [2.75, 3.05) is 12.4 Å². The quantitative estimate of drug-likeness (QED) is 0.874. The summed E-state index contributed by atoms with van der Waals surface area (Å²) in [7, 11) is 1.29. The van der Waals surface area contributed by atoms with Gasteiger partial charge in [0.05, 0.1) is 30.2 Å². The van der Waals surface area contributed by atoms with Crippen LogP contribution in [0.5, 0.6) is 0 Å². The highest BCUT2D eigenvalue weighted by Gasteiger charge is 2.09. The Kier molecular flexibility index (Phi) is 3.97. The van der Waals surface area contributed by atoms with Gasteiger partial charge >= 0.3 is 5.97 Å². The summed E-state index contributed by atoms with van der Waals surface area (Å²) < 4.78 is 4.59. The lowest BCUT2D eigenvalue weighted by atomic mass is 10.2. The second-order valence-corrected chi connectivity index (χ2v) is 4.30. The lowest BCUT2D eigenvalue weighted by molar-refractivity contribution is 0.0593. The van der Waals surface area contributed by atoms with Gasteiger partial charge in [0, 0.05) is 0 Å². The van der Waals surface area contributed by atoms with Crippen LogP contribution in [0, 0.1) is 6.92 Å². The van der Waals surface area contributed by atoms with Crippen LogP contribution in [0.2, 0.25) is 5.02 Å². The third kappa shape index (κ3) is 3.20. The standard InChI is InChI=1S/C13H12ClN3O2/c1-8-3-4-9(14)10(5-8)16-12-7-15-6-11(17-12)13(18)19-2/h3-7H,1-2H3,(H,16,17). The topological polar surface area (TPSA) is 64.1 Å². The highest BCUT2D eigenvalue weighted by molar-refractivity contribution is 6.33. The second kappa shape index (κ2) is 5.67. The highest BCUT2D eigenvalue weighted by Crippen LogP contribution is 2.25. The van der Waals surface area contributed by atoms with Crippen LogP contribution in [0.15, 0.2) is 30.6 Å². The van der Waals surface area contributed by atoms with Gasteiger partial charge in [0.15, 0.2) is 5.69 Å². The zero-order valence-electron chi connectivity index (χ0n) is 10.5. The molecule has 1 aromatic carbocycles. The summed E-state index contributed by atoms with van der Waals surface area (Å²) in [4.78, 5) is 19.4. The van der Waals surface area contributed by atoms with Crippen molar-refractivity contribution in [3.63, 3.8) is 0 Å². The third-order valence-corrected chi connectivity index (χ3v) is 2.74. The molecule has 2 rings (SSSR count). The highest BCUT2D eigenvalue weighted by atomic mass is 35.5. The van der Waals surface area contributed by atoms with Crippen LogP contribution in [-0.4, -0.2) is 23.0 Å². The molecule has 19 heavy (non-hydrogen) atoms. The van der Waals surface area contributed by atoms with E-state index in [1.807, 2.05) is 19.1 Å². The van der Waals surface area contributed by atoms with E-state index in [0.717, 1.165) is 5.56 Å². The molecule has 0 saturated carbocycles. The van der Waals surface area contributed by atoms with Crippen LogP contribution in [0.1, 0.15) is 16.1 Å². The number of aromatic nitrogens is 2. The SMILES string of the molecule is COC(=O)c1cncc(Nc2cc(C)ccc2Cl)n1. The Morgan fingerprint density at radius 2 is 2.16 bits per heavy atom. The lowest BCUT2D eigenvalue weighted by Gasteiger charge is -2.08. The Labute approximate surface area is 115 Å². The number of nitrogens with one attached hydrogen (secondary N) is 1. The fourth-order valence-electron chi connectivity index (χ4n) is 1.50. The zero-order chi connectivity index (χ0) is 13.8. The van der Waals surface area contributed by atoms with Crippen LogP contribution in [-0.2, 0) is 4.74 Å². The predicted molar refractivity (Wildman–Crippen MR) is 72.8 cm³/mol. The van der Waals surface area contributed by atoms with Gasteiger partial charge in [0.25, 0.3) is 0 Å². The number of carbonyl (C=O) groups is 1. The molecule has 0 amide bonds. The Morgan fingerprint density at radius 1 is 1.37 bits per heavy atom. The number of hydrogen-bond donors (Lipinski definition) is 1. The first-order valence-electron chi connectivity index (χ1n) is 5.53. The summed E-state index contributed by atoms with van der Waals surface area (Å²) in [6, 6.07) is 5.58. The second-order valence-electron chi connectivity index (χ2n) is 3.89. The van der Waals surface area contributed by atoms with Crippen molar-refractivity contribution in [2.24, 2.45) is 0 Å². The van der Waals surface area contributed by atoms with Crippen molar-refractivity contribution in [3.8, 4) is 0 Å². The van der Waals surface area contributed by atoms with E-state index in [0.29, 0.717) is 16.5 Å². The summed E-state index contributed by atoms with van der Waals surface area (Å²) in [6.07, 6.45) is 2.85. The molecule has 6 heteroatoms. The van der Waals surface area contributed by atoms with Crippen molar-refractivity contribution in [3.05, 3.63) is 46.9 Å². The Hall–Kier alpha value is -2.14. The molecule has 0 fully saturated rings. The number of methoxy groups -OCH3 is 1. The average Bonchev–Trinajstić information content (AvgIpc) is 2.42. The van der Waals surface area contributed by atoms with Crippen LogP contribution in [0.25, 0.3) is 0 Å². The van der Waals surface area contributed by atoms with Gasteiger partial charge in [-0.1, -0.05) is 17.7 Å². The molecule has 0 unspecified atom stereocenters. The summed E-state index contributed by atoms with van der Waals surface area (Å²) in [5, 5.41) is 3.58. The zero-order valence-corrected chi connectivity index (χ0v) is 11.2. The first-order valence-corrected chi connectivity index (χ1v) is 5.91. The number of ether oxygens (including phenoxy) is 1. The molecule has 0 spiro atoms. The van der Waals surface area contributed by atoms with Crippen LogP contribution < -0.4 is 5.32 Å². The summed E-state index contributed by atoms with van der Waals surface area (Å²) in [5.41, 5.74) is 1.90. The van der Waals surface area contributed by atoms with E-state index in [9.17, 15) is 4.79 Å². The number of halogens is 1. The lowest BCUT2D eigenvalue weighted by Crippen LogP contribution is -2.06. The fourth-order valence-corrected chi connectivity index (χ4v) is 1.67. The summed E-state index contributed by atoms with van der Waals surface area (Å²) in [6.45, 7) is 1.96. The van der Waals surface area contributed by atoms with Gasteiger partial charge in [-0.2, -0.15) is 0 Å². The molecule has 0 bridgehead atoms. The molecule has 2 aromatic rings. The number of rotatable bonds is 3. The molecular weight excluding hydrogens is 266 g/mol. The predicted octanol–water partition coefficient (Wildman–Crippen LogP) is 2.97. The molecule has 1 aromatic heterocycles. The van der Waals surface area contributed by atoms with E-state index in [4.69, 9.17) is 11.6 Å². The molecule has 98 valence electrons. The van der Waals surface area contributed by atoms with Crippen molar-refractivity contribution >= 4 is 29.1 Å². The van der Waals surface area contributed by atoms with E-state index in [-0.39, 0.29) is 5.69 Å². The first kappa shape index (κ1) is 13.3. The Bertz CT molecular complexity index is 617. The van der Waals surface area contributed by atoms with E-state index in [2.05, 4.69) is 20.0 Å². The van der Waals surface area contributed by atoms with Gasteiger partial charge in [-0.3, -0.25) is 4.98 Å². The van der Waals surface area contributed by atoms with E-state index >= 15 is 0 Å².